The number of hydrogen-bond donors (Lipinski definition) is 1. The zero-order valence-corrected chi connectivity index (χ0v) is 16.5. The maximum atomic E-state index is 12.3. The van der Waals surface area contributed by atoms with Gasteiger partial charge >= 0.3 is 5.97 Å². The molecule has 1 N–H and O–H groups in total. The van der Waals surface area contributed by atoms with E-state index >= 15 is 0 Å². The van der Waals surface area contributed by atoms with Crippen molar-refractivity contribution in [1.29, 1.82) is 0 Å². The van der Waals surface area contributed by atoms with Gasteiger partial charge in [-0.3, -0.25) is 4.79 Å². The predicted octanol–water partition coefficient (Wildman–Crippen LogP) is 3.75. The molecule has 0 radical (unpaired) electrons. The first-order valence-electron chi connectivity index (χ1n) is 9.03. The fraction of sp³-hybridized carbons (Fsp3) is 0.333. The Morgan fingerprint density at radius 2 is 1.93 bits per heavy atom. The molecule has 1 fully saturated rings. The van der Waals surface area contributed by atoms with Crippen molar-refractivity contribution in [3.63, 3.8) is 0 Å². The Morgan fingerprint density at radius 3 is 2.61 bits per heavy atom. The molecule has 7 heteroatoms. The number of methoxy groups -OCH3 is 1. The largest absolute Gasteiger partial charge is 0.493 e. The van der Waals surface area contributed by atoms with Gasteiger partial charge in [-0.1, -0.05) is 29.8 Å². The number of hydrogen-bond acceptors (Lipinski definition) is 5. The minimum Gasteiger partial charge on any atom is -0.493 e. The zero-order valence-electron chi connectivity index (χ0n) is 15.7. The number of ether oxygens (including phenoxy) is 3. The van der Waals surface area contributed by atoms with Crippen LogP contribution in [0.3, 0.4) is 0 Å². The van der Waals surface area contributed by atoms with Crippen LogP contribution in [-0.2, 0) is 16.1 Å². The van der Waals surface area contributed by atoms with Crippen LogP contribution in [0.2, 0.25) is 5.02 Å². The summed E-state index contributed by atoms with van der Waals surface area (Å²) in [6.45, 7) is 1.81. The van der Waals surface area contributed by atoms with Crippen molar-refractivity contribution in [3.8, 4) is 11.5 Å². The molecule has 148 valence electrons. The first kappa shape index (κ1) is 20.0. The molecular weight excluding hydrogens is 382 g/mol. The van der Waals surface area contributed by atoms with Crippen molar-refractivity contribution in [1.82, 2.24) is 5.32 Å². The number of nitrogens with one attached hydrogen (secondary N) is 1. The Kier molecular flexibility index (Phi) is 6.41. The fourth-order valence-corrected chi connectivity index (χ4v) is 2.70. The van der Waals surface area contributed by atoms with Gasteiger partial charge in [-0.05, 0) is 44.0 Å². The van der Waals surface area contributed by atoms with E-state index in [-0.39, 0.29) is 24.1 Å². The molecule has 3 rings (SSSR count). The van der Waals surface area contributed by atoms with Gasteiger partial charge in [0.2, 0.25) is 0 Å². The molecule has 1 atom stereocenters. The van der Waals surface area contributed by atoms with Gasteiger partial charge in [0.05, 0.1) is 12.7 Å². The smallest absolute Gasteiger partial charge is 0.339 e. The monoisotopic (exact) mass is 403 g/mol. The number of amides is 1. The molecule has 1 amide bonds. The number of esters is 1. The number of carbonyl (C=O) groups excluding carboxylic acids is 2. The average molecular weight is 404 g/mol. The molecule has 0 bridgehead atoms. The highest BCUT2D eigenvalue weighted by Crippen LogP contribution is 2.30. The van der Waals surface area contributed by atoms with Gasteiger partial charge in [-0.2, -0.15) is 0 Å². The average Bonchev–Trinajstić information content (AvgIpc) is 3.51. The third-order valence-corrected chi connectivity index (χ3v) is 4.69. The Bertz CT molecular complexity index is 866. The van der Waals surface area contributed by atoms with Crippen LogP contribution in [0.25, 0.3) is 0 Å². The lowest BCUT2D eigenvalue weighted by Gasteiger charge is -2.15. The van der Waals surface area contributed by atoms with Gasteiger partial charge in [-0.25, -0.2) is 4.79 Å². The summed E-state index contributed by atoms with van der Waals surface area (Å²) in [4.78, 5) is 24.3. The van der Waals surface area contributed by atoms with E-state index in [2.05, 4.69) is 5.32 Å². The van der Waals surface area contributed by atoms with Gasteiger partial charge in [0.1, 0.15) is 6.61 Å². The summed E-state index contributed by atoms with van der Waals surface area (Å²) >= 11 is 6.14. The molecule has 0 saturated heterocycles. The quantitative estimate of drug-likeness (QED) is 0.679. The van der Waals surface area contributed by atoms with Crippen LogP contribution < -0.4 is 14.8 Å². The molecule has 6 nitrogen and oxygen atoms in total. The molecule has 0 aromatic heterocycles. The van der Waals surface area contributed by atoms with Crippen molar-refractivity contribution >= 4 is 23.5 Å². The minimum absolute atomic E-state index is 0.211. The lowest BCUT2D eigenvalue weighted by Crippen LogP contribution is -2.37. The van der Waals surface area contributed by atoms with Gasteiger partial charge < -0.3 is 19.5 Å². The molecule has 28 heavy (non-hydrogen) atoms. The van der Waals surface area contributed by atoms with Crippen LogP contribution in [0.1, 0.15) is 35.7 Å². The van der Waals surface area contributed by atoms with Crippen LogP contribution in [0, 0.1) is 0 Å². The second kappa shape index (κ2) is 8.97. The maximum Gasteiger partial charge on any atom is 0.339 e. The highest BCUT2D eigenvalue weighted by atomic mass is 35.5. The molecular formula is C21H22ClNO5. The standard InChI is InChI=1S/C21H22ClNO5/c1-13(20(24)23-16-8-9-16)28-21(25)14-7-10-18(19(11-14)26-2)27-12-15-5-3-4-6-17(15)22/h3-7,10-11,13,16H,8-9,12H2,1-2H3,(H,23,24)/t13-/m0/s1. The van der Waals surface area contributed by atoms with Crippen LogP contribution in [0.4, 0.5) is 0 Å². The molecule has 0 spiro atoms. The topological polar surface area (TPSA) is 73.9 Å². The zero-order chi connectivity index (χ0) is 20.1. The first-order chi connectivity index (χ1) is 13.5. The summed E-state index contributed by atoms with van der Waals surface area (Å²) in [5.74, 6) is -0.0352. The van der Waals surface area contributed by atoms with E-state index in [1.165, 1.54) is 13.2 Å². The Labute approximate surface area is 168 Å². The van der Waals surface area contributed by atoms with Crippen molar-refractivity contribution < 1.29 is 23.8 Å². The number of rotatable bonds is 8. The summed E-state index contributed by atoms with van der Waals surface area (Å²) in [5, 5.41) is 3.42. The van der Waals surface area contributed by atoms with Crippen LogP contribution in [-0.4, -0.2) is 31.1 Å². The molecule has 2 aromatic rings. The van der Waals surface area contributed by atoms with Crippen molar-refractivity contribution in [2.45, 2.75) is 38.5 Å². The highest BCUT2D eigenvalue weighted by molar-refractivity contribution is 6.31. The van der Waals surface area contributed by atoms with E-state index in [9.17, 15) is 9.59 Å². The van der Waals surface area contributed by atoms with Gasteiger partial charge in [0.25, 0.3) is 5.91 Å². The third kappa shape index (κ3) is 5.16. The molecule has 1 aliphatic rings. The maximum absolute atomic E-state index is 12.3. The van der Waals surface area contributed by atoms with Gasteiger partial charge in [0, 0.05) is 16.6 Å². The van der Waals surface area contributed by atoms with Crippen LogP contribution in [0.5, 0.6) is 11.5 Å². The van der Waals surface area contributed by atoms with Crippen molar-refractivity contribution in [3.05, 3.63) is 58.6 Å². The van der Waals surface area contributed by atoms with Crippen LogP contribution in [0.15, 0.2) is 42.5 Å². The SMILES string of the molecule is COc1cc(C(=O)O[C@@H](C)C(=O)NC2CC2)ccc1OCc1ccccc1Cl. The summed E-state index contributed by atoms with van der Waals surface area (Å²) < 4.78 is 16.3. The van der Waals surface area contributed by atoms with Crippen molar-refractivity contribution in [2.24, 2.45) is 0 Å². The van der Waals surface area contributed by atoms with Crippen LogP contribution >= 0.6 is 11.6 Å². The highest BCUT2D eigenvalue weighted by Gasteiger charge is 2.27. The van der Waals surface area contributed by atoms with E-state index in [4.69, 9.17) is 25.8 Å². The number of benzene rings is 2. The lowest BCUT2D eigenvalue weighted by atomic mass is 10.2. The summed E-state index contributed by atoms with van der Waals surface area (Å²) in [5.41, 5.74) is 1.11. The molecule has 1 aliphatic carbocycles. The number of halogens is 1. The van der Waals surface area contributed by atoms with E-state index in [1.807, 2.05) is 18.2 Å². The molecule has 2 aromatic carbocycles. The third-order valence-electron chi connectivity index (χ3n) is 4.32. The predicted molar refractivity (Wildman–Crippen MR) is 105 cm³/mol. The second-order valence-electron chi connectivity index (χ2n) is 6.58. The van der Waals surface area contributed by atoms with E-state index < -0.39 is 12.1 Å². The molecule has 0 aliphatic heterocycles. The van der Waals surface area contributed by atoms with Gasteiger partial charge in [-0.15, -0.1) is 0 Å². The van der Waals surface area contributed by atoms with Crippen molar-refractivity contribution in [2.75, 3.05) is 7.11 Å². The van der Waals surface area contributed by atoms with E-state index in [1.54, 1.807) is 25.1 Å². The molecule has 1 saturated carbocycles. The first-order valence-corrected chi connectivity index (χ1v) is 9.41. The van der Waals surface area contributed by atoms with Gasteiger partial charge in [0.15, 0.2) is 17.6 Å². The minimum atomic E-state index is -0.866. The summed E-state index contributed by atoms with van der Waals surface area (Å²) in [6, 6.07) is 12.3. The summed E-state index contributed by atoms with van der Waals surface area (Å²) in [7, 11) is 1.48. The van der Waals surface area contributed by atoms with E-state index in [0.29, 0.717) is 16.5 Å². The molecule has 0 unspecified atom stereocenters. The normalized spacial score (nSPS) is 14.1. The lowest BCUT2D eigenvalue weighted by molar-refractivity contribution is -0.129. The van der Waals surface area contributed by atoms with E-state index in [0.717, 1.165) is 18.4 Å². The number of carbonyl (C=O) groups is 2. The Hall–Kier alpha value is -2.73. The molecule has 0 heterocycles. The Morgan fingerprint density at radius 1 is 1.18 bits per heavy atom. The summed E-state index contributed by atoms with van der Waals surface area (Å²) in [6.07, 6.45) is 1.08. The fourth-order valence-electron chi connectivity index (χ4n) is 2.51. The second-order valence-corrected chi connectivity index (χ2v) is 6.98. The Balaban J connectivity index is 1.63.